The summed E-state index contributed by atoms with van der Waals surface area (Å²) in [5, 5.41) is 20.7. The second-order valence-corrected chi connectivity index (χ2v) is 5.65. The van der Waals surface area contributed by atoms with Crippen molar-refractivity contribution in [2.75, 3.05) is 4.90 Å². The molecule has 21 heavy (non-hydrogen) atoms. The van der Waals surface area contributed by atoms with Gasteiger partial charge in [0, 0.05) is 21.8 Å². The lowest BCUT2D eigenvalue weighted by molar-refractivity contribution is -0.119. The Morgan fingerprint density at radius 2 is 1.62 bits per heavy atom. The minimum absolute atomic E-state index is 0.468. The van der Waals surface area contributed by atoms with Crippen LogP contribution in [0.15, 0.2) is 70.9 Å². The molecule has 0 bridgehead atoms. The van der Waals surface area contributed by atoms with Crippen molar-refractivity contribution in [2.45, 2.75) is 5.72 Å². The minimum atomic E-state index is -1.70. The molecule has 1 aliphatic heterocycles. The van der Waals surface area contributed by atoms with Crippen LogP contribution < -0.4 is 4.90 Å². The Hall–Kier alpha value is -2.11. The van der Waals surface area contributed by atoms with Crippen LogP contribution in [0.1, 0.15) is 5.56 Å². The number of aliphatic hydroxyl groups excluding tert-OH is 1. The highest BCUT2D eigenvalue weighted by molar-refractivity contribution is 9.10. The fourth-order valence-corrected chi connectivity index (χ4v) is 2.65. The molecule has 0 spiro atoms. The van der Waals surface area contributed by atoms with Gasteiger partial charge in [0.25, 0.3) is 5.91 Å². The molecule has 0 fully saturated rings. The number of halogens is 1. The molecule has 1 atom stereocenters. The zero-order valence-electron chi connectivity index (χ0n) is 10.9. The molecule has 1 aliphatic rings. The molecule has 0 saturated heterocycles. The van der Waals surface area contributed by atoms with Gasteiger partial charge in [-0.1, -0.05) is 46.3 Å². The third-order valence-corrected chi connectivity index (χ3v) is 3.91. The number of nitrogens with zero attached hydrogens (tertiary/aromatic N) is 1. The molecule has 2 N–H and O–H groups in total. The Bertz CT molecular complexity index is 712. The summed E-state index contributed by atoms with van der Waals surface area (Å²) < 4.78 is 0.860. The molecule has 5 heteroatoms. The van der Waals surface area contributed by atoms with Crippen LogP contribution in [0.2, 0.25) is 0 Å². The van der Waals surface area contributed by atoms with Crippen molar-refractivity contribution < 1.29 is 15.0 Å². The van der Waals surface area contributed by atoms with Gasteiger partial charge in [0.15, 0.2) is 11.5 Å². The summed E-state index contributed by atoms with van der Waals surface area (Å²) in [6, 6.07) is 15.7. The van der Waals surface area contributed by atoms with Crippen LogP contribution >= 0.6 is 15.9 Å². The van der Waals surface area contributed by atoms with Crippen molar-refractivity contribution in [3.8, 4) is 0 Å². The first kappa shape index (κ1) is 13.9. The van der Waals surface area contributed by atoms with E-state index >= 15 is 0 Å². The second kappa shape index (κ2) is 5.02. The Labute approximate surface area is 130 Å². The van der Waals surface area contributed by atoms with Crippen molar-refractivity contribution in [3.63, 3.8) is 0 Å². The van der Waals surface area contributed by atoms with E-state index in [1.54, 1.807) is 48.5 Å². The summed E-state index contributed by atoms with van der Waals surface area (Å²) in [5.41, 5.74) is -0.698. The average Bonchev–Trinajstić information content (AvgIpc) is 2.72. The highest BCUT2D eigenvalue weighted by atomic mass is 79.9. The third-order valence-electron chi connectivity index (χ3n) is 3.38. The van der Waals surface area contributed by atoms with Gasteiger partial charge in [0.2, 0.25) is 0 Å². The number of amides is 1. The lowest BCUT2D eigenvalue weighted by Gasteiger charge is -2.33. The van der Waals surface area contributed by atoms with Gasteiger partial charge >= 0.3 is 0 Å². The number of carbonyl (C=O) groups excluding carboxylic acids is 1. The highest BCUT2D eigenvalue weighted by Crippen LogP contribution is 2.38. The predicted octanol–water partition coefficient (Wildman–Crippen LogP) is 3.08. The summed E-state index contributed by atoms with van der Waals surface area (Å²) in [7, 11) is 0. The average molecular weight is 346 g/mol. The first-order chi connectivity index (χ1) is 10.0. The molecule has 1 unspecified atom stereocenters. The first-order valence-corrected chi connectivity index (χ1v) is 7.11. The molecular weight excluding hydrogens is 334 g/mol. The molecular formula is C16H12BrNO3. The van der Waals surface area contributed by atoms with Crippen LogP contribution in [-0.4, -0.2) is 16.1 Å². The maximum Gasteiger partial charge on any atom is 0.295 e. The van der Waals surface area contributed by atoms with E-state index in [0.29, 0.717) is 11.3 Å². The number of hydrogen-bond donors (Lipinski definition) is 2. The predicted molar refractivity (Wildman–Crippen MR) is 82.7 cm³/mol. The first-order valence-electron chi connectivity index (χ1n) is 6.32. The highest BCUT2D eigenvalue weighted by Gasteiger charge is 2.46. The van der Waals surface area contributed by atoms with Crippen molar-refractivity contribution >= 4 is 27.5 Å². The number of anilines is 1. The van der Waals surface area contributed by atoms with E-state index in [4.69, 9.17) is 0 Å². The van der Waals surface area contributed by atoms with E-state index in [1.165, 1.54) is 4.90 Å². The Morgan fingerprint density at radius 3 is 2.24 bits per heavy atom. The minimum Gasteiger partial charge on any atom is -0.503 e. The molecule has 1 amide bonds. The van der Waals surface area contributed by atoms with Crippen LogP contribution in [0, 0.1) is 0 Å². The molecule has 3 rings (SSSR count). The molecule has 2 aromatic rings. The standard InChI is InChI=1S/C16H12BrNO3/c17-12-6-8-13(9-7-12)18-15(20)14(19)10-16(18,21)11-4-2-1-3-5-11/h1-10,19,21H. The van der Waals surface area contributed by atoms with E-state index in [0.717, 1.165) is 10.5 Å². The Balaban J connectivity index is 2.13. The van der Waals surface area contributed by atoms with Gasteiger partial charge < -0.3 is 10.2 Å². The fraction of sp³-hybridized carbons (Fsp3) is 0.0625. The van der Waals surface area contributed by atoms with Gasteiger partial charge in [-0.2, -0.15) is 0 Å². The van der Waals surface area contributed by atoms with E-state index in [9.17, 15) is 15.0 Å². The topological polar surface area (TPSA) is 60.8 Å². The number of benzene rings is 2. The fourth-order valence-electron chi connectivity index (χ4n) is 2.39. The van der Waals surface area contributed by atoms with Crippen LogP contribution in [0.4, 0.5) is 5.69 Å². The Kier molecular flexibility index (Phi) is 3.31. The van der Waals surface area contributed by atoms with E-state index in [1.807, 2.05) is 6.07 Å². The van der Waals surface area contributed by atoms with Crippen LogP contribution in [0.3, 0.4) is 0 Å². The van der Waals surface area contributed by atoms with Crippen molar-refractivity contribution in [1.82, 2.24) is 0 Å². The van der Waals surface area contributed by atoms with E-state index in [2.05, 4.69) is 15.9 Å². The van der Waals surface area contributed by atoms with Gasteiger partial charge in [-0.3, -0.25) is 9.69 Å². The maximum atomic E-state index is 12.2. The monoisotopic (exact) mass is 345 g/mol. The zero-order valence-corrected chi connectivity index (χ0v) is 12.5. The molecule has 0 aliphatic carbocycles. The van der Waals surface area contributed by atoms with Gasteiger partial charge in [0.1, 0.15) is 0 Å². The number of carbonyl (C=O) groups is 1. The quantitative estimate of drug-likeness (QED) is 0.879. The SMILES string of the molecule is O=C1C(O)=CC(O)(c2ccccc2)N1c1ccc(Br)cc1. The van der Waals surface area contributed by atoms with Gasteiger partial charge in [-0.15, -0.1) is 0 Å². The van der Waals surface area contributed by atoms with Crippen LogP contribution in [0.5, 0.6) is 0 Å². The Morgan fingerprint density at radius 1 is 1.00 bits per heavy atom. The maximum absolute atomic E-state index is 12.2. The summed E-state index contributed by atoms with van der Waals surface area (Å²) in [5.74, 6) is -1.10. The molecule has 4 nitrogen and oxygen atoms in total. The summed E-state index contributed by atoms with van der Waals surface area (Å²) in [4.78, 5) is 13.4. The number of hydrogen-bond acceptors (Lipinski definition) is 3. The largest absolute Gasteiger partial charge is 0.503 e. The van der Waals surface area contributed by atoms with E-state index < -0.39 is 17.4 Å². The lowest BCUT2D eigenvalue weighted by Crippen LogP contribution is -2.44. The summed E-state index contributed by atoms with van der Waals surface area (Å²) in [6.07, 6.45) is 1.16. The van der Waals surface area contributed by atoms with Crippen molar-refractivity contribution in [3.05, 3.63) is 76.5 Å². The van der Waals surface area contributed by atoms with E-state index in [-0.39, 0.29) is 0 Å². The van der Waals surface area contributed by atoms with Crippen LogP contribution in [0.25, 0.3) is 0 Å². The number of aliphatic hydroxyl groups is 2. The molecule has 1 heterocycles. The molecule has 0 saturated carbocycles. The lowest BCUT2D eigenvalue weighted by atomic mass is 10.0. The second-order valence-electron chi connectivity index (χ2n) is 4.74. The molecule has 0 aromatic heterocycles. The van der Waals surface area contributed by atoms with Crippen molar-refractivity contribution in [2.24, 2.45) is 0 Å². The molecule has 106 valence electrons. The van der Waals surface area contributed by atoms with Gasteiger partial charge in [0.05, 0.1) is 0 Å². The summed E-state index contributed by atoms with van der Waals surface area (Å²) in [6.45, 7) is 0. The molecule has 0 radical (unpaired) electrons. The van der Waals surface area contributed by atoms with Gasteiger partial charge in [-0.25, -0.2) is 0 Å². The summed E-state index contributed by atoms with van der Waals surface area (Å²) >= 11 is 3.33. The smallest absolute Gasteiger partial charge is 0.295 e. The third kappa shape index (κ3) is 2.24. The normalized spacial score (nSPS) is 21.5. The zero-order chi connectivity index (χ0) is 15.0. The molecule has 2 aromatic carbocycles. The van der Waals surface area contributed by atoms with Gasteiger partial charge in [-0.05, 0) is 24.3 Å². The van der Waals surface area contributed by atoms with Crippen LogP contribution in [-0.2, 0) is 10.5 Å². The van der Waals surface area contributed by atoms with Crippen molar-refractivity contribution in [1.29, 1.82) is 0 Å². The number of rotatable bonds is 2.